The summed E-state index contributed by atoms with van der Waals surface area (Å²) < 4.78 is 45.5. The molecule has 4 N–H and O–H groups in total. The molecule has 4 heterocycles. The molecule has 6 amide bonds. The monoisotopic (exact) mass is 904 g/mol. The third-order valence-electron chi connectivity index (χ3n) is 13.1. The first-order valence-electron chi connectivity index (χ1n) is 22.0. The standard InChI is InChI=1S/C44H56N8O11S/c1-5-27-20-44(27,41(57)50-64(59,60)29-12-13-29)49-38(54)32-19-28(63-42(58)51-22-26-11-14-33-35(30(26)24-51)62-18-17-61-33)23-52(32)40(56)36(43(2,3)4)48-39(55)34(25-9-7-6-8-10-25)47-37(53)31-21-45-15-16-46-31/h5,11,14-16,21,25,27-29,32,34,36H,1,6-10,12-13,17-20,22-24H2,2-4H3,(H,47,53)(H,48,55)(H,49,54)(H,50,57)/t27-,28+,32-,34-,36+,44-/m0/s1. The zero-order chi connectivity index (χ0) is 45.6. The number of benzene rings is 1. The van der Waals surface area contributed by atoms with Gasteiger partial charge in [-0.3, -0.25) is 38.6 Å². The average Bonchev–Trinajstić information content (AvgIpc) is 4.17. The number of nitrogens with zero attached hydrogens (tertiary/aromatic N) is 4. The zero-order valence-electron chi connectivity index (χ0n) is 36.3. The van der Waals surface area contributed by atoms with Gasteiger partial charge in [0.1, 0.15) is 48.7 Å². The van der Waals surface area contributed by atoms with Crippen molar-refractivity contribution in [1.82, 2.24) is 40.4 Å². The largest absolute Gasteiger partial charge is 0.486 e. The number of likely N-dealkylation sites (tertiary alicyclic amines) is 1. The highest BCUT2D eigenvalue weighted by Crippen LogP contribution is 2.46. The van der Waals surface area contributed by atoms with Gasteiger partial charge < -0.3 is 35.1 Å². The van der Waals surface area contributed by atoms with E-state index in [1.807, 2.05) is 6.07 Å². The van der Waals surface area contributed by atoms with Gasteiger partial charge in [-0.2, -0.15) is 0 Å². The number of sulfonamides is 1. The molecule has 1 aromatic carbocycles. The number of rotatable bonds is 13. The maximum atomic E-state index is 15.0. The Balaban J connectivity index is 1.04. The molecular weight excluding hydrogens is 849 g/mol. The Kier molecular flexibility index (Phi) is 12.4. The van der Waals surface area contributed by atoms with Crippen molar-refractivity contribution in [3.8, 4) is 11.5 Å². The highest BCUT2D eigenvalue weighted by atomic mass is 32.2. The summed E-state index contributed by atoms with van der Waals surface area (Å²) >= 11 is 0. The van der Waals surface area contributed by atoms with Crippen molar-refractivity contribution in [3.63, 3.8) is 0 Å². The van der Waals surface area contributed by atoms with Crippen LogP contribution in [-0.4, -0.2) is 119 Å². The molecular formula is C44H56N8O11S. The SMILES string of the molecule is C=C[C@H]1C[C@@]1(NC(=O)[C@@H]1C[C@@H](OC(=O)N2Cc3ccc4c(c3C2)OCCO4)CN1C(=O)[C@@H](NC(=O)[C@@H](NC(=O)c1cnccn1)C1CCCCC1)C(C)(C)C)C(=O)NS(=O)(=O)C1CC1. The molecule has 8 rings (SSSR count). The lowest BCUT2D eigenvalue weighted by Gasteiger charge is -2.37. The van der Waals surface area contributed by atoms with E-state index in [-0.39, 0.29) is 44.1 Å². The van der Waals surface area contributed by atoms with Crippen LogP contribution in [0, 0.1) is 17.3 Å². The molecule has 344 valence electrons. The number of ether oxygens (including phenoxy) is 3. The van der Waals surface area contributed by atoms with E-state index in [0.29, 0.717) is 50.4 Å². The van der Waals surface area contributed by atoms with E-state index < -0.39 is 92.0 Å². The number of amides is 6. The second-order valence-electron chi connectivity index (χ2n) is 18.8. The lowest BCUT2D eigenvalue weighted by molar-refractivity contribution is -0.145. The Morgan fingerprint density at radius 2 is 1.73 bits per heavy atom. The average molecular weight is 905 g/mol. The van der Waals surface area contributed by atoms with Gasteiger partial charge in [0.25, 0.3) is 11.8 Å². The first kappa shape index (κ1) is 44.8. The lowest BCUT2D eigenvalue weighted by atomic mass is 9.82. The fraction of sp³-hybridized carbons (Fsp3) is 0.591. The number of hydrogen-bond acceptors (Lipinski definition) is 13. The summed E-state index contributed by atoms with van der Waals surface area (Å²) in [6.07, 6.45) is 8.64. The van der Waals surface area contributed by atoms with Crippen LogP contribution >= 0.6 is 0 Å². The summed E-state index contributed by atoms with van der Waals surface area (Å²) in [4.78, 5) is 95.7. The van der Waals surface area contributed by atoms with Crippen LogP contribution in [0.4, 0.5) is 4.79 Å². The van der Waals surface area contributed by atoms with Gasteiger partial charge in [0.05, 0.1) is 24.5 Å². The molecule has 0 radical (unpaired) electrons. The fourth-order valence-electron chi connectivity index (χ4n) is 9.27. The van der Waals surface area contributed by atoms with Crippen LogP contribution in [0.15, 0.2) is 43.4 Å². The molecule has 2 aromatic rings. The van der Waals surface area contributed by atoms with Crippen molar-refractivity contribution >= 4 is 45.7 Å². The van der Waals surface area contributed by atoms with Crippen molar-refractivity contribution in [2.45, 2.75) is 127 Å². The molecule has 3 aliphatic carbocycles. The van der Waals surface area contributed by atoms with E-state index in [0.717, 1.165) is 30.4 Å². The molecule has 1 aromatic heterocycles. The summed E-state index contributed by atoms with van der Waals surface area (Å²) in [6, 6.07) is 0.0613. The van der Waals surface area contributed by atoms with Gasteiger partial charge in [-0.25, -0.2) is 18.2 Å². The van der Waals surface area contributed by atoms with E-state index in [4.69, 9.17) is 14.2 Å². The summed E-state index contributed by atoms with van der Waals surface area (Å²) in [5.74, 6) is -3.20. The highest BCUT2D eigenvalue weighted by Gasteiger charge is 2.62. The van der Waals surface area contributed by atoms with Crippen LogP contribution in [-0.2, 0) is 47.0 Å². The van der Waals surface area contributed by atoms with Crippen LogP contribution in [0.2, 0.25) is 0 Å². The van der Waals surface area contributed by atoms with Crippen LogP contribution in [0.1, 0.15) is 100 Å². The molecule has 1 saturated heterocycles. The number of nitrogens with one attached hydrogen (secondary N) is 4. The van der Waals surface area contributed by atoms with Crippen molar-refractivity contribution in [1.29, 1.82) is 0 Å². The van der Waals surface area contributed by atoms with Gasteiger partial charge >= 0.3 is 6.09 Å². The van der Waals surface area contributed by atoms with E-state index in [9.17, 15) is 32.4 Å². The fourth-order valence-corrected chi connectivity index (χ4v) is 10.6. The Hall–Kier alpha value is -5.79. The van der Waals surface area contributed by atoms with Gasteiger partial charge in [0, 0.05) is 36.8 Å². The Labute approximate surface area is 371 Å². The molecule has 4 fully saturated rings. The number of fused-ring (bicyclic) bond motifs is 3. The third-order valence-corrected chi connectivity index (χ3v) is 14.9. The molecule has 19 nitrogen and oxygen atoms in total. The third kappa shape index (κ3) is 9.23. The number of carbonyl (C=O) groups is 6. The highest BCUT2D eigenvalue weighted by molar-refractivity contribution is 7.91. The minimum absolute atomic E-state index is 0.0246. The van der Waals surface area contributed by atoms with E-state index in [2.05, 4.69) is 37.2 Å². The van der Waals surface area contributed by atoms with Crippen molar-refractivity contribution in [2.24, 2.45) is 17.3 Å². The summed E-state index contributed by atoms with van der Waals surface area (Å²) in [7, 11) is -3.97. The molecule has 6 atom stereocenters. The van der Waals surface area contributed by atoms with Gasteiger partial charge in [-0.05, 0) is 55.1 Å². The number of carbonyl (C=O) groups excluding carboxylic acids is 6. The van der Waals surface area contributed by atoms with E-state index >= 15 is 4.79 Å². The zero-order valence-corrected chi connectivity index (χ0v) is 37.1. The quantitative estimate of drug-likeness (QED) is 0.211. The molecule has 3 saturated carbocycles. The predicted octanol–water partition coefficient (Wildman–Crippen LogP) is 2.25. The second-order valence-corrected chi connectivity index (χ2v) is 20.7. The summed E-state index contributed by atoms with van der Waals surface area (Å²) in [6.45, 7) is 9.97. The van der Waals surface area contributed by atoms with Crippen LogP contribution in [0.25, 0.3) is 0 Å². The predicted molar refractivity (Wildman–Crippen MR) is 228 cm³/mol. The lowest BCUT2D eigenvalue weighted by Crippen LogP contribution is -2.62. The summed E-state index contributed by atoms with van der Waals surface area (Å²) in [5.41, 5.74) is -0.923. The molecule has 3 aliphatic heterocycles. The Bertz CT molecular complexity index is 2310. The first-order chi connectivity index (χ1) is 30.5. The minimum atomic E-state index is -3.97. The van der Waals surface area contributed by atoms with Gasteiger partial charge in [-0.1, -0.05) is 52.2 Å². The first-order valence-corrected chi connectivity index (χ1v) is 23.6. The minimum Gasteiger partial charge on any atom is -0.486 e. The number of hydrogen-bond donors (Lipinski definition) is 4. The Morgan fingerprint density at radius 1 is 0.984 bits per heavy atom. The van der Waals surface area contributed by atoms with Crippen LogP contribution in [0.5, 0.6) is 11.5 Å². The summed E-state index contributed by atoms with van der Waals surface area (Å²) in [5, 5.41) is 7.84. The van der Waals surface area contributed by atoms with E-state index in [1.54, 1.807) is 26.8 Å². The smallest absolute Gasteiger partial charge is 0.410 e. The van der Waals surface area contributed by atoms with Gasteiger partial charge in [0.15, 0.2) is 11.5 Å². The van der Waals surface area contributed by atoms with Gasteiger partial charge in [-0.15, -0.1) is 6.58 Å². The maximum Gasteiger partial charge on any atom is 0.410 e. The van der Waals surface area contributed by atoms with E-state index in [1.165, 1.54) is 34.5 Å². The molecule has 0 bridgehead atoms. The second kappa shape index (κ2) is 17.6. The topological polar surface area (TPSA) is 245 Å². The molecule has 0 spiro atoms. The van der Waals surface area contributed by atoms with Crippen molar-refractivity contribution in [3.05, 3.63) is 60.2 Å². The number of aromatic nitrogens is 2. The molecule has 6 aliphatic rings. The Morgan fingerprint density at radius 3 is 2.41 bits per heavy atom. The molecule has 64 heavy (non-hydrogen) atoms. The van der Waals surface area contributed by atoms with Crippen molar-refractivity contribution < 1.29 is 51.4 Å². The molecule has 0 unspecified atom stereocenters. The van der Waals surface area contributed by atoms with Crippen LogP contribution < -0.4 is 30.1 Å². The van der Waals surface area contributed by atoms with Crippen molar-refractivity contribution in [2.75, 3.05) is 19.8 Å². The molecule has 20 heteroatoms. The van der Waals surface area contributed by atoms with Crippen LogP contribution in [0.3, 0.4) is 0 Å². The van der Waals surface area contributed by atoms with Gasteiger partial charge in [0.2, 0.25) is 27.7 Å². The normalized spacial score (nSPS) is 25.0. The maximum absolute atomic E-state index is 15.0.